The summed E-state index contributed by atoms with van der Waals surface area (Å²) in [5.41, 5.74) is 0.179. The van der Waals surface area contributed by atoms with E-state index in [2.05, 4.69) is 30.2 Å². The highest BCUT2D eigenvalue weighted by atomic mass is 32.2. The zero-order valence-electron chi connectivity index (χ0n) is 13.9. The maximum atomic E-state index is 12.4. The van der Waals surface area contributed by atoms with E-state index < -0.39 is 22.1 Å². The van der Waals surface area contributed by atoms with Crippen LogP contribution in [0.4, 0.5) is 13.2 Å². The molecule has 2 atom stereocenters. The van der Waals surface area contributed by atoms with Crippen LogP contribution >= 0.6 is 0 Å². The quantitative estimate of drug-likeness (QED) is 0.875. The maximum absolute atomic E-state index is 12.4. The Morgan fingerprint density at radius 3 is 2.29 bits per heavy atom. The van der Waals surface area contributed by atoms with Gasteiger partial charge >= 0.3 is 6.36 Å². The molecule has 0 radical (unpaired) electrons. The molecule has 1 aliphatic carbocycles. The first-order valence-corrected chi connectivity index (χ1v) is 9.25. The molecule has 1 aliphatic rings. The summed E-state index contributed by atoms with van der Waals surface area (Å²) in [5.74, 6) is -0.0731. The minimum absolute atomic E-state index is 0.0745. The van der Waals surface area contributed by atoms with Crippen molar-refractivity contribution in [2.45, 2.75) is 57.3 Å². The van der Waals surface area contributed by atoms with Crippen molar-refractivity contribution in [2.75, 3.05) is 0 Å². The summed E-state index contributed by atoms with van der Waals surface area (Å²) in [6, 6.07) is 4.05. The fraction of sp³-hybridized carbons (Fsp3) is 0.625. The minimum Gasteiger partial charge on any atom is -0.406 e. The highest BCUT2D eigenvalue weighted by Crippen LogP contribution is 2.40. The third kappa shape index (κ3) is 4.86. The van der Waals surface area contributed by atoms with Gasteiger partial charge in [-0.2, -0.15) is 0 Å². The molecule has 1 saturated carbocycles. The number of sulfonamides is 1. The summed E-state index contributed by atoms with van der Waals surface area (Å²) in [6.07, 6.45) is -2.41. The minimum atomic E-state index is -4.80. The maximum Gasteiger partial charge on any atom is 0.573 e. The van der Waals surface area contributed by atoms with Gasteiger partial charge in [0.25, 0.3) is 0 Å². The van der Waals surface area contributed by atoms with E-state index in [4.69, 9.17) is 0 Å². The topological polar surface area (TPSA) is 55.4 Å². The van der Waals surface area contributed by atoms with E-state index in [-0.39, 0.29) is 16.4 Å². The molecule has 0 amide bonds. The first-order valence-electron chi connectivity index (χ1n) is 7.77. The fourth-order valence-electron chi connectivity index (χ4n) is 2.87. The average Bonchev–Trinajstić information content (AvgIpc) is 2.42. The summed E-state index contributed by atoms with van der Waals surface area (Å²) < 4.78 is 67.6. The van der Waals surface area contributed by atoms with Crippen molar-refractivity contribution in [3.8, 4) is 5.75 Å². The van der Waals surface area contributed by atoms with Crippen LogP contribution in [-0.2, 0) is 10.0 Å². The summed E-state index contributed by atoms with van der Waals surface area (Å²) in [6.45, 7) is 6.44. The standard InChI is InChI=1S/C16H22F3NO3S/c1-11-10-12(8-9-15(11,2)3)20-24(21,22)14-6-4-13(5-7-14)23-16(17,18)19/h4-7,11-12,20H,8-10H2,1-3H3/t11-,12-/m0/s1. The van der Waals surface area contributed by atoms with Crippen molar-refractivity contribution in [3.05, 3.63) is 24.3 Å². The lowest BCUT2D eigenvalue weighted by Gasteiger charge is -2.40. The number of hydrogen-bond donors (Lipinski definition) is 1. The molecular formula is C16H22F3NO3S. The number of benzene rings is 1. The zero-order valence-corrected chi connectivity index (χ0v) is 14.7. The van der Waals surface area contributed by atoms with Gasteiger partial charge in [0.05, 0.1) is 4.90 Å². The van der Waals surface area contributed by atoms with Gasteiger partial charge in [-0.3, -0.25) is 0 Å². The second-order valence-corrected chi connectivity index (χ2v) is 8.72. The molecular weight excluding hydrogens is 343 g/mol. The average molecular weight is 365 g/mol. The number of alkyl halides is 3. The number of rotatable bonds is 4. The van der Waals surface area contributed by atoms with Crippen LogP contribution in [0.15, 0.2) is 29.2 Å². The van der Waals surface area contributed by atoms with Gasteiger partial charge in [-0.25, -0.2) is 13.1 Å². The molecule has 2 rings (SSSR count). The van der Waals surface area contributed by atoms with Crippen molar-refractivity contribution in [1.29, 1.82) is 0 Å². The molecule has 1 aromatic rings. The second-order valence-electron chi connectivity index (χ2n) is 7.00. The van der Waals surface area contributed by atoms with Gasteiger partial charge in [-0.1, -0.05) is 20.8 Å². The van der Waals surface area contributed by atoms with Gasteiger partial charge in [0, 0.05) is 6.04 Å². The molecule has 0 bridgehead atoms. The zero-order chi connectivity index (χ0) is 18.2. The number of nitrogens with one attached hydrogen (secondary N) is 1. The first kappa shape index (κ1) is 19.1. The SMILES string of the molecule is C[C@H]1C[C@@H](NS(=O)(=O)c2ccc(OC(F)(F)F)cc2)CCC1(C)C. The van der Waals surface area contributed by atoms with Crippen LogP contribution in [0.5, 0.6) is 5.75 Å². The van der Waals surface area contributed by atoms with Crippen LogP contribution < -0.4 is 9.46 Å². The summed E-state index contributed by atoms with van der Waals surface area (Å²) in [4.78, 5) is -0.0745. The Morgan fingerprint density at radius 2 is 1.79 bits per heavy atom. The predicted molar refractivity (Wildman–Crippen MR) is 84.0 cm³/mol. The van der Waals surface area contributed by atoms with Crippen LogP contribution in [0.25, 0.3) is 0 Å². The molecule has 4 nitrogen and oxygen atoms in total. The van der Waals surface area contributed by atoms with Crippen LogP contribution in [0.3, 0.4) is 0 Å². The van der Waals surface area contributed by atoms with Gasteiger partial charge in [-0.05, 0) is 54.9 Å². The Balaban J connectivity index is 2.05. The highest BCUT2D eigenvalue weighted by molar-refractivity contribution is 7.89. The largest absolute Gasteiger partial charge is 0.573 e. The predicted octanol–water partition coefficient (Wildman–Crippen LogP) is 4.08. The highest BCUT2D eigenvalue weighted by Gasteiger charge is 2.35. The van der Waals surface area contributed by atoms with Gasteiger partial charge in [0.15, 0.2) is 0 Å². The molecule has 1 fully saturated rings. The van der Waals surface area contributed by atoms with Crippen LogP contribution in [0.2, 0.25) is 0 Å². The van der Waals surface area contributed by atoms with Crippen molar-refractivity contribution >= 4 is 10.0 Å². The summed E-state index contributed by atoms with van der Waals surface area (Å²) in [7, 11) is -3.77. The van der Waals surface area contributed by atoms with E-state index in [1.807, 2.05) is 0 Å². The third-order valence-electron chi connectivity index (χ3n) is 4.80. The van der Waals surface area contributed by atoms with Gasteiger partial charge < -0.3 is 4.74 Å². The Bertz CT molecular complexity index is 669. The molecule has 1 aromatic carbocycles. The molecule has 0 saturated heterocycles. The van der Waals surface area contributed by atoms with Gasteiger partial charge in [0.2, 0.25) is 10.0 Å². The Hall–Kier alpha value is -1.28. The molecule has 136 valence electrons. The molecule has 0 spiro atoms. The monoisotopic (exact) mass is 365 g/mol. The first-order chi connectivity index (χ1) is 10.9. The van der Waals surface area contributed by atoms with Crippen molar-refractivity contribution in [1.82, 2.24) is 4.72 Å². The number of ether oxygens (including phenoxy) is 1. The Labute approximate surface area is 140 Å². The summed E-state index contributed by atoms with van der Waals surface area (Å²) >= 11 is 0. The molecule has 0 aliphatic heterocycles. The Morgan fingerprint density at radius 1 is 1.21 bits per heavy atom. The van der Waals surface area contributed by atoms with E-state index in [0.29, 0.717) is 5.92 Å². The van der Waals surface area contributed by atoms with Crippen LogP contribution in [0.1, 0.15) is 40.0 Å². The van der Waals surface area contributed by atoms with E-state index in [9.17, 15) is 21.6 Å². The van der Waals surface area contributed by atoms with E-state index >= 15 is 0 Å². The lowest BCUT2D eigenvalue weighted by Crippen LogP contribution is -2.42. The lowest BCUT2D eigenvalue weighted by molar-refractivity contribution is -0.274. The normalized spacial score (nSPS) is 24.6. The molecule has 1 N–H and O–H groups in total. The molecule has 8 heteroatoms. The van der Waals surface area contributed by atoms with E-state index in [1.165, 1.54) is 0 Å². The van der Waals surface area contributed by atoms with Crippen LogP contribution in [-0.4, -0.2) is 20.8 Å². The number of halogens is 3. The fourth-order valence-corrected chi connectivity index (χ4v) is 4.15. The smallest absolute Gasteiger partial charge is 0.406 e. The summed E-state index contributed by atoms with van der Waals surface area (Å²) in [5, 5.41) is 0. The van der Waals surface area contributed by atoms with E-state index in [0.717, 1.165) is 43.5 Å². The molecule has 0 heterocycles. The second kappa shape index (κ2) is 6.55. The molecule has 24 heavy (non-hydrogen) atoms. The van der Waals surface area contributed by atoms with Crippen LogP contribution in [0, 0.1) is 11.3 Å². The van der Waals surface area contributed by atoms with Crippen molar-refractivity contribution in [2.24, 2.45) is 11.3 Å². The lowest BCUT2D eigenvalue weighted by atomic mass is 9.68. The van der Waals surface area contributed by atoms with Crippen molar-refractivity contribution in [3.63, 3.8) is 0 Å². The third-order valence-corrected chi connectivity index (χ3v) is 6.34. The molecule has 0 unspecified atom stereocenters. The van der Waals surface area contributed by atoms with Gasteiger partial charge in [0.1, 0.15) is 5.75 Å². The molecule has 0 aromatic heterocycles. The van der Waals surface area contributed by atoms with Gasteiger partial charge in [-0.15, -0.1) is 13.2 Å². The number of hydrogen-bond acceptors (Lipinski definition) is 3. The Kier molecular flexibility index (Phi) is 5.20. The van der Waals surface area contributed by atoms with Crippen molar-refractivity contribution < 1.29 is 26.3 Å². The van der Waals surface area contributed by atoms with E-state index in [1.54, 1.807) is 0 Å².